The first kappa shape index (κ1) is 22.8. The number of esters is 1. The topological polar surface area (TPSA) is 93.7 Å². The van der Waals surface area contributed by atoms with Gasteiger partial charge in [0, 0.05) is 5.69 Å². The van der Waals surface area contributed by atoms with E-state index in [1.807, 2.05) is 12.1 Å². The third-order valence-corrected chi connectivity index (χ3v) is 3.97. The van der Waals surface area contributed by atoms with Crippen LogP contribution < -0.4 is 15.4 Å². The Morgan fingerprint density at radius 3 is 2.30 bits per heavy atom. The molecule has 0 aromatic heterocycles. The average molecular weight is 420 g/mol. The van der Waals surface area contributed by atoms with E-state index in [1.54, 1.807) is 12.1 Å². The highest BCUT2D eigenvalue weighted by Crippen LogP contribution is 2.20. The largest absolute Gasteiger partial charge is 0.454 e. The van der Waals surface area contributed by atoms with Crippen molar-refractivity contribution >= 4 is 23.5 Å². The van der Waals surface area contributed by atoms with Crippen LogP contribution in [0.25, 0.3) is 0 Å². The van der Waals surface area contributed by atoms with E-state index in [2.05, 4.69) is 29.2 Å². The molecule has 7 nitrogen and oxygen atoms in total. The number of ether oxygens (including phenoxy) is 2. The van der Waals surface area contributed by atoms with Gasteiger partial charge in [-0.2, -0.15) is 8.78 Å². The molecule has 9 heteroatoms. The second-order valence-corrected chi connectivity index (χ2v) is 6.54. The van der Waals surface area contributed by atoms with Crippen LogP contribution >= 0.6 is 0 Å². The SMILES string of the molecule is CC(C)c1ccc(NC(=O)COC(=O)CNC(=O)c2ccccc2OC(F)F)cc1. The van der Waals surface area contributed by atoms with Gasteiger partial charge >= 0.3 is 12.6 Å². The van der Waals surface area contributed by atoms with E-state index in [1.165, 1.54) is 24.3 Å². The summed E-state index contributed by atoms with van der Waals surface area (Å²) in [5, 5.41) is 4.82. The standard InChI is InChI=1S/C21H22F2N2O5/c1-13(2)14-7-9-15(10-8-14)25-18(26)12-29-19(27)11-24-20(28)16-5-3-4-6-17(16)30-21(22)23/h3-10,13,21H,11-12H2,1-2H3,(H,24,28)(H,25,26). The number of rotatable bonds is 9. The molecule has 2 amide bonds. The van der Waals surface area contributed by atoms with Gasteiger partial charge in [0.2, 0.25) is 0 Å². The van der Waals surface area contributed by atoms with E-state index in [9.17, 15) is 23.2 Å². The summed E-state index contributed by atoms with van der Waals surface area (Å²) in [5.41, 5.74) is 1.52. The molecule has 0 spiro atoms. The summed E-state index contributed by atoms with van der Waals surface area (Å²) < 4.78 is 33.9. The maximum Gasteiger partial charge on any atom is 0.387 e. The van der Waals surface area contributed by atoms with Gasteiger partial charge in [-0.3, -0.25) is 14.4 Å². The van der Waals surface area contributed by atoms with Crippen LogP contribution in [0.5, 0.6) is 5.75 Å². The zero-order valence-electron chi connectivity index (χ0n) is 16.5. The highest BCUT2D eigenvalue weighted by Gasteiger charge is 2.16. The van der Waals surface area contributed by atoms with Gasteiger partial charge in [-0.1, -0.05) is 38.1 Å². The Morgan fingerprint density at radius 2 is 1.67 bits per heavy atom. The minimum absolute atomic E-state index is 0.159. The van der Waals surface area contributed by atoms with Crippen molar-refractivity contribution in [2.45, 2.75) is 26.4 Å². The Balaban J connectivity index is 1.78. The molecule has 0 atom stereocenters. The molecule has 0 fully saturated rings. The number of hydrogen-bond donors (Lipinski definition) is 2. The first-order chi connectivity index (χ1) is 14.3. The van der Waals surface area contributed by atoms with Crippen molar-refractivity contribution in [3.63, 3.8) is 0 Å². The number of benzene rings is 2. The van der Waals surface area contributed by atoms with Crippen LogP contribution in [0.1, 0.15) is 35.7 Å². The van der Waals surface area contributed by atoms with Crippen LogP contribution in [0, 0.1) is 0 Å². The van der Waals surface area contributed by atoms with Gasteiger partial charge in [-0.25, -0.2) is 0 Å². The normalized spacial score (nSPS) is 10.6. The molecule has 160 valence electrons. The number of para-hydroxylation sites is 1. The molecule has 0 bridgehead atoms. The molecule has 2 aromatic carbocycles. The van der Waals surface area contributed by atoms with Crippen LogP contribution in [-0.2, 0) is 14.3 Å². The Hall–Kier alpha value is -3.49. The number of halogens is 2. The number of amides is 2. The zero-order chi connectivity index (χ0) is 22.1. The Bertz CT molecular complexity index is 885. The summed E-state index contributed by atoms with van der Waals surface area (Å²) in [5.74, 6) is -2.15. The lowest BCUT2D eigenvalue weighted by molar-refractivity contribution is -0.146. The molecular formula is C21H22F2N2O5. The molecule has 0 saturated carbocycles. The maximum atomic E-state index is 12.4. The van der Waals surface area contributed by atoms with Gasteiger partial charge in [-0.15, -0.1) is 0 Å². The fourth-order valence-corrected chi connectivity index (χ4v) is 2.45. The molecule has 0 aliphatic rings. The molecule has 30 heavy (non-hydrogen) atoms. The van der Waals surface area contributed by atoms with Gasteiger partial charge < -0.3 is 20.1 Å². The van der Waals surface area contributed by atoms with Crippen molar-refractivity contribution in [2.75, 3.05) is 18.5 Å². The molecule has 0 aliphatic heterocycles. The maximum absolute atomic E-state index is 12.4. The summed E-state index contributed by atoms with van der Waals surface area (Å²) >= 11 is 0. The Labute approximate surface area is 172 Å². The quantitative estimate of drug-likeness (QED) is 0.607. The fourth-order valence-electron chi connectivity index (χ4n) is 2.45. The van der Waals surface area contributed by atoms with Crippen LogP contribution in [0.4, 0.5) is 14.5 Å². The predicted octanol–water partition coefficient (Wildman–Crippen LogP) is 3.32. The van der Waals surface area contributed by atoms with E-state index in [-0.39, 0.29) is 11.3 Å². The van der Waals surface area contributed by atoms with E-state index >= 15 is 0 Å². The van der Waals surface area contributed by atoms with E-state index in [0.29, 0.717) is 11.6 Å². The molecule has 0 radical (unpaired) electrons. The second-order valence-electron chi connectivity index (χ2n) is 6.54. The molecule has 2 aromatic rings. The van der Waals surface area contributed by atoms with E-state index in [0.717, 1.165) is 5.56 Å². The summed E-state index contributed by atoms with van der Waals surface area (Å²) in [6.45, 7) is -0.0693. The summed E-state index contributed by atoms with van der Waals surface area (Å²) in [6.07, 6.45) is 0. The summed E-state index contributed by atoms with van der Waals surface area (Å²) in [7, 11) is 0. The fraction of sp³-hybridized carbons (Fsp3) is 0.286. The van der Waals surface area contributed by atoms with Gasteiger partial charge in [0.25, 0.3) is 11.8 Å². The summed E-state index contributed by atoms with van der Waals surface area (Å²) in [4.78, 5) is 35.7. The third-order valence-electron chi connectivity index (χ3n) is 3.97. The Kier molecular flexibility index (Phi) is 8.28. The smallest absolute Gasteiger partial charge is 0.387 e. The predicted molar refractivity (Wildman–Crippen MR) is 106 cm³/mol. The van der Waals surface area contributed by atoms with Crippen molar-refractivity contribution in [3.05, 3.63) is 59.7 Å². The first-order valence-electron chi connectivity index (χ1n) is 9.13. The minimum Gasteiger partial charge on any atom is -0.454 e. The van der Waals surface area contributed by atoms with Gasteiger partial charge in [0.15, 0.2) is 6.61 Å². The van der Waals surface area contributed by atoms with Crippen molar-refractivity contribution < 1.29 is 32.6 Å². The second kappa shape index (κ2) is 10.9. The Morgan fingerprint density at radius 1 is 1.00 bits per heavy atom. The lowest BCUT2D eigenvalue weighted by Gasteiger charge is -2.11. The van der Waals surface area contributed by atoms with Crippen LogP contribution in [0.3, 0.4) is 0 Å². The van der Waals surface area contributed by atoms with Gasteiger partial charge in [0.05, 0.1) is 5.56 Å². The van der Waals surface area contributed by atoms with Gasteiger partial charge in [0.1, 0.15) is 12.3 Å². The van der Waals surface area contributed by atoms with Crippen molar-refractivity contribution in [3.8, 4) is 5.75 Å². The average Bonchev–Trinajstić information content (AvgIpc) is 2.71. The molecule has 0 aliphatic carbocycles. The molecule has 2 N–H and O–H groups in total. The summed E-state index contributed by atoms with van der Waals surface area (Å²) in [6, 6.07) is 12.6. The third kappa shape index (κ3) is 7.16. The van der Waals surface area contributed by atoms with Crippen LogP contribution in [0.2, 0.25) is 0 Å². The monoisotopic (exact) mass is 420 g/mol. The number of hydrogen-bond acceptors (Lipinski definition) is 5. The van der Waals surface area contributed by atoms with Gasteiger partial charge in [-0.05, 0) is 35.7 Å². The molecular weight excluding hydrogens is 398 g/mol. The number of anilines is 1. The number of carbonyl (C=O) groups is 3. The van der Waals surface area contributed by atoms with Crippen LogP contribution in [-0.4, -0.2) is 37.5 Å². The number of nitrogens with one attached hydrogen (secondary N) is 2. The number of alkyl halides is 2. The molecule has 0 heterocycles. The first-order valence-corrected chi connectivity index (χ1v) is 9.13. The van der Waals surface area contributed by atoms with E-state index in [4.69, 9.17) is 4.74 Å². The lowest BCUT2D eigenvalue weighted by Crippen LogP contribution is -2.32. The highest BCUT2D eigenvalue weighted by molar-refractivity contribution is 5.98. The zero-order valence-corrected chi connectivity index (χ0v) is 16.5. The lowest BCUT2D eigenvalue weighted by atomic mass is 10.0. The van der Waals surface area contributed by atoms with Crippen LogP contribution in [0.15, 0.2) is 48.5 Å². The van der Waals surface area contributed by atoms with Crippen molar-refractivity contribution in [2.24, 2.45) is 0 Å². The number of carbonyl (C=O) groups excluding carboxylic acids is 3. The molecule has 0 saturated heterocycles. The van der Waals surface area contributed by atoms with Crippen molar-refractivity contribution in [1.82, 2.24) is 5.32 Å². The molecule has 0 unspecified atom stereocenters. The minimum atomic E-state index is -3.09. The highest BCUT2D eigenvalue weighted by atomic mass is 19.3. The van der Waals surface area contributed by atoms with E-state index < -0.39 is 37.5 Å². The van der Waals surface area contributed by atoms with Crippen molar-refractivity contribution in [1.29, 1.82) is 0 Å². The molecule has 2 rings (SSSR count).